The lowest BCUT2D eigenvalue weighted by atomic mass is 10.0. The normalized spacial score (nSPS) is 16.4. The summed E-state index contributed by atoms with van der Waals surface area (Å²) >= 11 is 0. The van der Waals surface area contributed by atoms with Gasteiger partial charge in [-0.15, -0.1) is 12.4 Å². The molecule has 0 aliphatic carbocycles. The zero-order chi connectivity index (χ0) is 16.7. The van der Waals surface area contributed by atoms with Crippen LogP contribution in [0.4, 0.5) is 16.2 Å². The van der Waals surface area contributed by atoms with E-state index >= 15 is 0 Å². The molecule has 1 aromatic carbocycles. The number of halogens is 1. The number of nitrogens with one attached hydrogen (secondary N) is 4. The minimum Gasteiger partial charge on any atom is -0.336 e. The number of para-hydroxylation sites is 2. The van der Waals surface area contributed by atoms with Gasteiger partial charge in [0, 0.05) is 12.5 Å². The maximum Gasteiger partial charge on any atom is 0.319 e. The van der Waals surface area contributed by atoms with Gasteiger partial charge in [-0.3, -0.25) is 4.79 Å². The maximum absolute atomic E-state index is 12.1. The second-order valence-corrected chi connectivity index (χ2v) is 6.24. The first-order valence-corrected chi connectivity index (χ1v) is 8.21. The fourth-order valence-corrected chi connectivity index (χ4v) is 2.63. The van der Waals surface area contributed by atoms with Gasteiger partial charge < -0.3 is 21.3 Å². The highest BCUT2D eigenvalue weighted by atomic mass is 35.5. The Labute approximate surface area is 149 Å². The Kier molecular flexibility index (Phi) is 8.57. The van der Waals surface area contributed by atoms with E-state index in [1.165, 1.54) is 0 Å². The second kappa shape index (κ2) is 10.2. The van der Waals surface area contributed by atoms with Gasteiger partial charge in [-0.25, -0.2) is 4.79 Å². The first-order chi connectivity index (χ1) is 11.0. The molecular formula is C17H27ClN4O2. The molecule has 1 unspecified atom stereocenters. The molecule has 134 valence electrons. The summed E-state index contributed by atoms with van der Waals surface area (Å²) in [7, 11) is 0. The van der Waals surface area contributed by atoms with Crippen LogP contribution in [0.5, 0.6) is 0 Å². The number of anilines is 2. The van der Waals surface area contributed by atoms with Gasteiger partial charge in [-0.05, 0) is 57.8 Å². The molecule has 1 fully saturated rings. The SMILES string of the molecule is CC(C)NC(=O)Nc1ccccc1NC(=O)CCC1CCNC1.Cl. The van der Waals surface area contributed by atoms with E-state index in [9.17, 15) is 9.59 Å². The Morgan fingerprint density at radius 3 is 2.46 bits per heavy atom. The standard InChI is InChI=1S/C17H26N4O2.ClH/c1-12(2)19-17(23)21-15-6-4-3-5-14(15)20-16(22)8-7-13-9-10-18-11-13;/h3-6,12-13,18H,7-11H2,1-2H3,(H,20,22)(H2,19,21,23);1H. The molecule has 1 saturated heterocycles. The molecule has 24 heavy (non-hydrogen) atoms. The van der Waals surface area contributed by atoms with Crippen molar-refractivity contribution >= 4 is 35.7 Å². The summed E-state index contributed by atoms with van der Waals surface area (Å²) in [5, 5.41) is 11.7. The molecule has 3 amide bonds. The topological polar surface area (TPSA) is 82.3 Å². The predicted octanol–water partition coefficient (Wildman–Crippen LogP) is 2.97. The molecule has 0 bridgehead atoms. The van der Waals surface area contributed by atoms with E-state index < -0.39 is 0 Å². The van der Waals surface area contributed by atoms with E-state index in [-0.39, 0.29) is 30.4 Å². The Morgan fingerprint density at radius 1 is 1.21 bits per heavy atom. The van der Waals surface area contributed by atoms with Crippen molar-refractivity contribution in [3.05, 3.63) is 24.3 Å². The van der Waals surface area contributed by atoms with Crippen LogP contribution in [0.1, 0.15) is 33.1 Å². The van der Waals surface area contributed by atoms with Gasteiger partial charge in [0.05, 0.1) is 11.4 Å². The summed E-state index contributed by atoms with van der Waals surface area (Å²) in [4.78, 5) is 23.9. The number of hydrogen-bond donors (Lipinski definition) is 4. The molecule has 1 aromatic rings. The third kappa shape index (κ3) is 6.76. The summed E-state index contributed by atoms with van der Waals surface area (Å²) in [5.41, 5.74) is 1.22. The number of benzene rings is 1. The zero-order valence-electron chi connectivity index (χ0n) is 14.2. The van der Waals surface area contributed by atoms with Gasteiger partial charge in [0.1, 0.15) is 0 Å². The summed E-state index contributed by atoms with van der Waals surface area (Å²) in [6.07, 6.45) is 2.53. The minimum absolute atomic E-state index is 0. The average molecular weight is 355 g/mol. The van der Waals surface area contributed by atoms with Crippen LogP contribution in [0, 0.1) is 5.92 Å². The van der Waals surface area contributed by atoms with Gasteiger partial charge >= 0.3 is 6.03 Å². The van der Waals surface area contributed by atoms with Crippen molar-refractivity contribution in [3.8, 4) is 0 Å². The quantitative estimate of drug-likeness (QED) is 0.634. The van der Waals surface area contributed by atoms with Crippen molar-refractivity contribution in [1.82, 2.24) is 10.6 Å². The molecule has 6 nitrogen and oxygen atoms in total. The van der Waals surface area contributed by atoms with Crippen LogP contribution in [0.25, 0.3) is 0 Å². The summed E-state index contributed by atoms with van der Waals surface area (Å²) in [6.45, 7) is 5.83. The molecule has 4 N–H and O–H groups in total. The Balaban J connectivity index is 0.00000288. The molecular weight excluding hydrogens is 328 g/mol. The lowest BCUT2D eigenvalue weighted by Crippen LogP contribution is -2.34. The van der Waals surface area contributed by atoms with Crippen LogP contribution >= 0.6 is 12.4 Å². The first-order valence-electron chi connectivity index (χ1n) is 8.21. The number of carbonyl (C=O) groups excluding carboxylic acids is 2. The van der Waals surface area contributed by atoms with Crippen LogP contribution in [-0.4, -0.2) is 31.1 Å². The lowest BCUT2D eigenvalue weighted by Gasteiger charge is -2.14. The van der Waals surface area contributed by atoms with Crippen LogP contribution in [0.15, 0.2) is 24.3 Å². The van der Waals surface area contributed by atoms with E-state index in [0.29, 0.717) is 23.7 Å². The van der Waals surface area contributed by atoms with Gasteiger partial charge in [0.15, 0.2) is 0 Å². The number of rotatable bonds is 6. The number of urea groups is 1. The second-order valence-electron chi connectivity index (χ2n) is 6.24. The van der Waals surface area contributed by atoms with Crippen molar-refractivity contribution in [2.45, 2.75) is 39.2 Å². The Bertz CT molecular complexity index is 545. The molecule has 1 heterocycles. The van der Waals surface area contributed by atoms with Crippen molar-refractivity contribution < 1.29 is 9.59 Å². The van der Waals surface area contributed by atoms with Crippen LogP contribution in [0.3, 0.4) is 0 Å². The van der Waals surface area contributed by atoms with Crippen LogP contribution in [0.2, 0.25) is 0 Å². The van der Waals surface area contributed by atoms with Crippen LogP contribution < -0.4 is 21.3 Å². The van der Waals surface area contributed by atoms with E-state index in [4.69, 9.17) is 0 Å². The molecule has 0 radical (unpaired) electrons. The number of hydrogen-bond acceptors (Lipinski definition) is 3. The number of carbonyl (C=O) groups is 2. The Hall–Kier alpha value is -1.79. The summed E-state index contributed by atoms with van der Waals surface area (Å²) in [6, 6.07) is 7.00. The van der Waals surface area contributed by atoms with E-state index in [1.807, 2.05) is 26.0 Å². The highest BCUT2D eigenvalue weighted by Crippen LogP contribution is 2.22. The summed E-state index contributed by atoms with van der Waals surface area (Å²) < 4.78 is 0. The van der Waals surface area contributed by atoms with Crippen molar-refractivity contribution in [2.75, 3.05) is 23.7 Å². The van der Waals surface area contributed by atoms with Gasteiger partial charge in [0.25, 0.3) is 0 Å². The molecule has 2 rings (SSSR count). The maximum atomic E-state index is 12.1. The predicted molar refractivity (Wildman–Crippen MR) is 99.8 cm³/mol. The highest BCUT2D eigenvalue weighted by Gasteiger charge is 2.16. The first kappa shape index (κ1) is 20.3. The average Bonchev–Trinajstić information content (AvgIpc) is 2.99. The van der Waals surface area contributed by atoms with Crippen molar-refractivity contribution in [1.29, 1.82) is 0 Å². The number of amides is 3. The monoisotopic (exact) mass is 354 g/mol. The fourth-order valence-electron chi connectivity index (χ4n) is 2.63. The third-order valence-corrected chi connectivity index (χ3v) is 3.81. The molecule has 0 saturated carbocycles. The molecule has 7 heteroatoms. The Morgan fingerprint density at radius 2 is 1.88 bits per heavy atom. The molecule has 0 aromatic heterocycles. The van der Waals surface area contributed by atoms with Crippen molar-refractivity contribution in [2.24, 2.45) is 5.92 Å². The highest BCUT2D eigenvalue weighted by molar-refractivity contribution is 5.99. The smallest absolute Gasteiger partial charge is 0.319 e. The van der Waals surface area contributed by atoms with Gasteiger partial charge in [0.2, 0.25) is 5.91 Å². The largest absolute Gasteiger partial charge is 0.336 e. The van der Waals surface area contributed by atoms with E-state index in [1.54, 1.807) is 12.1 Å². The van der Waals surface area contributed by atoms with Crippen LogP contribution in [-0.2, 0) is 4.79 Å². The zero-order valence-corrected chi connectivity index (χ0v) is 15.0. The van der Waals surface area contributed by atoms with E-state index in [2.05, 4.69) is 21.3 Å². The molecule has 1 aliphatic heterocycles. The fraction of sp³-hybridized carbons (Fsp3) is 0.529. The third-order valence-electron chi connectivity index (χ3n) is 3.81. The van der Waals surface area contributed by atoms with Crippen molar-refractivity contribution in [3.63, 3.8) is 0 Å². The van der Waals surface area contributed by atoms with Gasteiger partial charge in [-0.2, -0.15) is 0 Å². The molecule has 0 spiro atoms. The van der Waals surface area contributed by atoms with Gasteiger partial charge in [-0.1, -0.05) is 12.1 Å². The minimum atomic E-state index is -0.279. The summed E-state index contributed by atoms with van der Waals surface area (Å²) in [5.74, 6) is 0.571. The lowest BCUT2D eigenvalue weighted by molar-refractivity contribution is -0.116. The molecule has 1 atom stereocenters. The van der Waals surface area contributed by atoms with E-state index in [0.717, 1.165) is 25.9 Å². The molecule has 1 aliphatic rings.